The van der Waals surface area contributed by atoms with Crippen LogP contribution in [0.3, 0.4) is 0 Å². The Labute approximate surface area is 83.5 Å². The number of hydrogen-bond acceptors (Lipinski definition) is 4. The van der Waals surface area contributed by atoms with E-state index < -0.39 is 5.76 Å². The van der Waals surface area contributed by atoms with Crippen molar-refractivity contribution in [2.24, 2.45) is 0 Å². The number of nitrogens with zero attached hydrogens (tertiary/aromatic N) is 1. The summed E-state index contributed by atoms with van der Waals surface area (Å²) in [5.74, 6) is -0.465. The van der Waals surface area contributed by atoms with Crippen molar-refractivity contribution < 1.29 is 4.42 Å². The highest BCUT2D eigenvalue weighted by Gasteiger charge is 2.09. The zero-order valence-electron chi connectivity index (χ0n) is 6.95. The van der Waals surface area contributed by atoms with Gasteiger partial charge < -0.3 is 10.2 Å². The van der Waals surface area contributed by atoms with Crippen LogP contribution >= 0.6 is 11.6 Å². The van der Waals surface area contributed by atoms with Crippen LogP contribution in [0.4, 0.5) is 5.69 Å². The van der Waals surface area contributed by atoms with E-state index in [-0.39, 0.29) is 5.89 Å². The number of benzene rings is 1. The molecule has 0 saturated carbocycles. The number of nitrogen functional groups attached to an aromatic ring is 1. The molecule has 0 radical (unpaired) electrons. The van der Waals surface area contributed by atoms with E-state index in [1.54, 1.807) is 18.2 Å². The number of anilines is 1. The standard InChI is InChI=1S/C8H6ClN3O2/c9-6-3-4(10)1-2-5(6)7-11-12-8(13)14-7/h1-3H,10H2,(H,12,13). The molecule has 0 aliphatic carbocycles. The van der Waals surface area contributed by atoms with Crippen molar-refractivity contribution in [2.45, 2.75) is 0 Å². The third kappa shape index (κ3) is 1.49. The molecule has 2 aromatic rings. The molecule has 5 nitrogen and oxygen atoms in total. The molecule has 0 aliphatic rings. The van der Waals surface area contributed by atoms with Gasteiger partial charge in [-0.2, -0.15) is 0 Å². The van der Waals surface area contributed by atoms with Gasteiger partial charge in [-0.1, -0.05) is 11.6 Å². The Morgan fingerprint density at radius 1 is 1.50 bits per heavy atom. The summed E-state index contributed by atoms with van der Waals surface area (Å²) in [5.41, 5.74) is 6.57. The van der Waals surface area contributed by atoms with Crippen molar-refractivity contribution in [3.05, 3.63) is 33.8 Å². The van der Waals surface area contributed by atoms with Crippen molar-refractivity contribution in [1.82, 2.24) is 10.2 Å². The lowest BCUT2D eigenvalue weighted by molar-refractivity contribution is 0.527. The van der Waals surface area contributed by atoms with Gasteiger partial charge in [-0.05, 0) is 18.2 Å². The molecule has 0 aliphatic heterocycles. The third-order valence-electron chi connectivity index (χ3n) is 1.66. The van der Waals surface area contributed by atoms with E-state index in [9.17, 15) is 4.79 Å². The van der Waals surface area contributed by atoms with Crippen LogP contribution in [0.2, 0.25) is 5.02 Å². The van der Waals surface area contributed by atoms with Crippen LogP contribution in [0.15, 0.2) is 27.4 Å². The quantitative estimate of drug-likeness (QED) is 0.696. The first kappa shape index (κ1) is 8.83. The minimum atomic E-state index is -0.618. The predicted octanol–water partition coefficient (Wildman–Crippen LogP) is 1.27. The first-order chi connectivity index (χ1) is 6.66. The predicted molar refractivity (Wildman–Crippen MR) is 52.0 cm³/mol. The average molecular weight is 212 g/mol. The van der Waals surface area contributed by atoms with E-state index in [0.717, 1.165) is 0 Å². The van der Waals surface area contributed by atoms with Crippen molar-refractivity contribution in [3.8, 4) is 11.5 Å². The fourth-order valence-electron chi connectivity index (χ4n) is 1.05. The Bertz CT molecular complexity index is 517. The van der Waals surface area contributed by atoms with E-state index in [0.29, 0.717) is 16.3 Å². The monoisotopic (exact) mass is 211 g/mol. The Morgan fingerprint density at radius 3 is 2.86 bits per heavy atom. The topological polar surface area (TPSA) is 84.9 Å². The van der Waals surface area contributed by atoms with E-state index in [4.69, 9.17) is 21.8 Å². The molecule has 6 heteroatoms. The van der Waals surface area contributed by atoms with Gasteiger partial charge in [0.25, 0.3) is 5.89 Å². The second kappa shape index (κ2) is 3.19. The molecule has 3 N–H and O–H groups in total. The van der Waals surface area contributed by atoms with Crippen LogP contribution in [0.25, 0.3) is 11.5 Å². The Morgan fingerprint density at radius 2 is 2.29 bits per heavy atom. The van der Waals surface area contributed by atoms with Gasteiger partial charge in [0.15, 0.2) is 0 Å². The smallest absolute Gasteiger partial charge is 0.399 e. The molecule has 1 aromatic carbocycles. The highest BCUT2D eigenvalue weighted by molar-refractivity contribution is 6.33. The minimum absolute atomic E-state index is 0.153. The summed E-state index contributed by atoms with van der Waals surface area (Å²) >= 11 is 5.88. The van der Waals surface area contributed by atoms with Gasteiger partial charge >= 0.3 is 5.76 Å². The first-order valence-corrected chi connectivity index (χ1v) is 4.15. The second-order valence-corrected chi connectivity index (χ2v) is 3.06. The van der Waals surface area contributed by atoms with Gasteiger partial charge in [-0.15, -0.1) is 5.10 Å². The summed E-state index contributed by atoms with van der Waals surface area (Å²) in [7, 11) is 0. The van der Waals surface area contributed by atoms with Crippen LogP contribution in [0.5, 0.6) is 0 Å². The number of hydrogen-bond donors (Lipinski definition) is 2. The van der Waals surface area contributed by atoms with Crippen molar-refractivity contribution in [2.75, 3.05) is 5.73 Å². The number of H-pyrrole nitrogens is 1. The van der Waals surface area contributed by atoms with Crippen LogP contribution in [0, 0.1) is 0 Å². The molecule has 1 aromatic heterocycles. The molecular formula is C8H6ClN3O2. The zero-order valence-corrected chi connectivity index (χ0v) is 7.71. The molecule has 14 heavy (non-hydrogen) atoms. The number of nitrogens with two attached hydrogens (primary N) is 1. The van der Waals surface area contributed by atoms with Gasteiger partial charge in [0.1, 0.15) is 0 Å². The zero-order chi connectivity index (χ0) is 10.1. The first-order valence-electron chi connectivity index (χ1n) is 3.78. The molecule has 0 bridgehead atoms. The Balaban J connectivity index is 2.57. The molecule has 0 unspecified atom stereocenters. The molecule has 2 rings (SSSR count). The fraction of sp³-hybridized carbons (Fsp3) is 0. The lowest BCUT2D eigenvalue weighted by Gasteiger charge is -1.99. The molecule has 0 spiro atoms. The van der Waals surface area contributed by atoms with Crippen molar-refractivity contribution >= 4 is 17.3 Å². The molecule has 0 amide bonds. The normalized spacial score (nSPS) is 10.4. The van der Waals surface area contributed by atoms with Crippen molar-refractivity contribution in [1.29, 1.82) is 0 Å². The maximum atomic E-state index is 10.7. The summed E-state index contributed by atoms with van der Waals surface area (Å²) < 4.78 is 4.74. The van der Waals surface area contributed by atoms with Gasteiger partial charge in [0, 0.05) is 5.69 Å². The summed E-state index contributed by atoms with van der Waals surface area (Å²) in [4.78, 5) is 10.7. The minimum Gasteiger partial charge on any atom is -0.399 e. The molecule has 0 atom stereocenters. The largest absolute Gasteiger partial charge is 0.434 e. The van der Waals surface area contributed by atoms with Crippen LogP contribution in [-0.2, 0) is 0 Å². The molecule has 72 valence electrons. The van der Waals surface area contributed by atoms with Gasteiger partial charge in [0.2, 0.25) is 0 Å². The fourth-order valence-corrected chi connectivity index (χ4v) is 1.32. The highest BCUT2D eigenvalue weighted by Crippen LogP contribution is 2.26. The summed E-state index contributed by atoms with van der Waals surface area (Å²) in [6, 6.07) is 4.85. The average Bonchev–Trinajstić information content (AvgIpc) is 2.51. The van der Waals surface area contributed by atoms with Crippen molar-refractivity contribution in [3.63, 3.8) is 0 Å². The molecule has 0 fully saturated rings. The van der Waals surface area contributed by atoms with Crippen LogP contribution in [-0.4, -0.2) is 10.2 Å². The van der Waals surface area contributed by atoms with E-state index in [2.05, 4.69) is 10.2 Å². The number of aromatic nitrogens is 2. The summed E-state index contributed by atoms with van der Waals surface area (Å²) in [5, 5.41) is 6.18. The van der Waals surface area contributed by atoms with E-state index in [1.165, 1.54) is 0 Å². The summed E-state index contributed by atoms with van der Waals surface area (Å²) in [6.07, 6.45) is 0. The summed E-state index contributed by atoms with van der Waals surface area (Å²) in [6.45, 7) is 0. The van der Waals surface area contributed by atoms with Gasteiger partial charge in [0.05, 0.1) is 10.6 Å². The SMILES string of the molecule is Nc1ccc(-c2n[nH]c(=O)o2)c(Cl)c1. The maximum absolute atomic E-state index is 10.7. The van der Waals surface area contributed by atoms with Gasteiger partial charge in [-0.3, -0.25) is 0 Å². The Hall–Kier alpha value is -1.75. The highest BCUT2D eigenvalue weighted by atomic mass is 35.5. The number of halogens is 1. The lowest BCUT2D eigenvalue weighted by Crippen LogP contribution is -1.93. The van der Waals surface area contributed by atoms with Crippen LogP contribution in [0.1, 0.15) is 0 Å². The van der Waals surface area contributed by atoms with Gasteiger partial charge in [-0.25, -0.2) is 9.89 Å². The number of rotatable bonds is 1. The lowest BCUT2D eigenvalue weighted by atomic mass is 10.2. The van der Waals surface area contributed by atoms with Crippen LogP contribution < -0.4 is 11.5 Å². The number of aromatic amines is 1. The third-order valence-corrected chi connectivity index (χ3v) is 1.97. The molecule has 1 heterocycles. The van der Waals surface area contributed by atoms with E-state index >= 15 is 0 Å². The Kier molecular flexibility index (Phi) is 2.01. The maximum Gasteiger partial charge on any atom is 0.434 e. The number of nitrogens with one attached hydrogen (secondary N) is 1. The van der Waals surface area contributed by atoms with E-state index in [1.807, 2.05) is 0 Å². The second-order valence-electron chi connectivity index (χ2n) is 2.66. The molecular weight excluding hydrogens is 206 g/mol. The molecule has 0 saturated heterocycles.